The van der Waals surface area contributed by atoms with Crippen molar-refractivity contribution in [1.82, 2.24) is 19.9 Å². The molecule has 1 aliphatic carbocycles. The molecule has 1 fully saturated rings. The zero-order valence-electron chi connectivity index (χ0n) is 19.9. The van der Waals surface area contributed by atoms with Gasteiger partial charge in [0.15, 0.2) is 0 Å². The highest BCUT2D eigenvalue weighted by Gasteiger charge is 2.26. The number of nitrogens with one attached hydrogen (secondary N) is 2. The second-order valence-electron chi connectivity index (χ2n) is 9.91. The van der Waals surface area contributed by atoms with Gasteiger partial charge in [-0.2, -0.15) is 0 Å². The van der Waals surface area contributed by atoms with Crippen LogP contribution in [0.3, 0.4) is 0 Å². The Morgan fingerprint density at radius 3 is 2.76 bits per heavy atom. The second kappa shape index (κ2) is 9.21. The highest BCUT2D eigenvalue weighted by atomic mass is 35.5. The number of nitrogens with zero attached hydrogens (tertiary/aromatic N) is 3. The fourth-order valence-corrected chi connectivity index (χ4v) is 4.64. The molecule has 7 nitrogen and oxygen atoms in total. The summed E-state index contributed by atoms with van der Waals surface area (Å²) < 4.78 is 7.50. The number of fused-ring (bicyclic) bond motifs is 1. The fourth-order valence-electron chi connectivity index (χ4n) is 4.44. The lowest BCUT2D eigenvalue weighted by Gasteiger charge is -2.31. The first kappa shape index (κ1) is 23.4. The summed E-state index contributed by atoms with van der Waals surface area (Å²) in [5.41, 5.74) is 3.48. The molecule has 2 unspecified atom stereocenters. The van der Waals surface area contributed by atoms with Crippen molar-refractivity contribution in [2.24, 2.45) is 7.05 Å². The molecule has 2 aromatic heterocycles. The normalized spacial score (nSPS) is 18.8. The first-order chi connectivity index (χ1) is 15.6. The first-order valence-corrected chi connectivity index (χ1v) is 11.8. The predicted molar refractivity (Wildman–Crippen MR) is 133 cm³/mol. The Labute approximate surface area is 199 Å². The van der Waals surface area contributed by atoms with Gasteiger partial charge in [-0.1, -0.05) is 11.6 Å². The Balaban J connectivity index is 1.51. The summed E-state index contributed by atoms with van der Waals surface area (Å²) in [6.45, 7) is 7.67. The van der Waals surface area contributed by atoms with Gasteiger partial charge in [0.2, 0.25) is 5.95 Å². The Bertz CT molecular complexity index is 1170. The number of carbonyl (C=O) groups excluding carboxylic acids is 1. The average molecular weight is 470 g/mol. The Morgan fingerprint density at radius 2 is 2.00 bits per heavy atom. The number of halogens is 1. The molecule has 1 aromatic carbocycles. The lowest BCUT2D eigenvalue weighted by molar-refractivity contribution is 0.0492. The molecule has 0 saturated heterocycles. The largest absolute Gasteiger partial charge is 0.444 e. The number of rotatable bonds is 4. The topological polar surface area (TPSA) is 81.1 Å². The van der Waals surface area contributed by atoms with Crippen molar-refractivity contribution in [3.8, 4) is 11.3 Å². The standard InChI is InChI=1S/C25H32ClN5O2/c1-15-11-19(18-9-10-31(5)21(18)12-15)22-20(26)14-27-23(30-22)28-16-7-6-8-17(13-16)29-24(32)33-25(2,3)4/h9-12,14,16-17H,6-8,13H2,1-5H3,(H,29,32)(H,27,28,30). The van der Waals surface area contributed by atoms with Crippen molar-refractivity contribution in [2.75, 3.05) is 5.32 Å². The molecule has 0 spiro atoms. The third kappa shape index (κ3) is 5.58. The Kier molecular flexibility index (Phi) is 6.52. The molecule has 1 amide bonds. The minimum atomic E-state index is -0.510. The van der Waals surface area contributed by atoms with Crippen LogP contribution in [0.5, 0.6) is 0 Å². The van der Waals surface area contributed by atoms with Crippen LogP contribution in [0.1, 0.15) is 52.0 Å². The second-order valence-corrected chi connectivity index (χ2v) is 10.3. The van der Waals surface area contributed by atoms with Crippen molar-refractivity contribution in [2.45, 2.75) is 71.1 Å². The highest BCUT2D eigenvalue weighted by molar-refractivity contribution is 6.33. The van der Waals surface area contributed by atoms with Crippen molar-refractivity contribution in [3.63, 3.8) is 0 Å². The number of ether oxygens (including phenoxy) is 1. The third-order valence-corrected chi connectivity index (χ3v) is 6.15. The van der Waals surface area contributed by atoms with E-state index in [1.165, 1.54) is 0 Å². The quantitative estimate of drug-likeness (QED) is 0.501. The zero-order chi connectivity index (χ0) is 23.8. The van der Waals surface area contributed by atoms with E-state index in [9.17, 15) is 4.79 Å². The van der Waals surface area contributed by atoms with E-state index < -0.39 is 5.60 Å². The molecular weight excluding hydrogens is 438 g/mol. The molecule has 1 aliphatic rings. The average Bonchev–Trinajstić information content (AvgIpc) is 3.08. The molecule has 0 aliphatic heterocycles. The molecule has 2 N–H and O–H groups in total. The predicted octanol–water partition coefficient (Wildman–Crippen LogP) is 5.84. The van der Waals surface area contributed by atoms with Crippen molar-refractivity contribution in [3.05, 3.63) is 41.2 Å². The van der Waals surface area contributed by atoms with E-state index in [1.807, 2.05) is 34.0 Å². The maximum Gasteiger partial charge on any atom is 0.407 e. The van der Waals surface area contributed by atoms with Crippen LogP contribution in [0.4, 0.5) is 10.7 Å². The number of aryl methyl sites for hydroxylation is 2. The minimum Gasteiger partial charge on any atom is -0.444 e. The van der Waals surface area contributed by atoms with Crippen LogP contribution in [-0.4, -0.2) is 38.3 Å². The van der Waals surface area contributed by atoms with Gasteiger partial charge in [-0.05, 0) is 77.1 Å². The number of carbonyl (C=O) groups is 1. The van der Waals surface area contributed by atoms with Gasteiger partial charge in [0.1, 0.15) is 5.60 Å². The molecule has 2 heterocycles. The van der Waals surface area contributed by atoms with Gasteiger partial charge in [0.05, 0.1) is 16.9 Å². The molecule has 0 bridgehead atoms. The van der Waals surface area contributed by atoms with Crippen LogP contribution in [0.15, 0.2) is 30.6 Å². The molecule has 33 heavy (non-hydrogen) atoms. The molecule has 176 valence electrons. The van der Waals surface area contributed by atoms with Gasteiger partial charge >= 0.3 is 6.09 Å². The summed E-state index contributed by atoms with van der Waals surface area (Å²) in [5, 5.41) is 8.08. The van der Waals surface area contributed by atoms with E-state index in [4.69, 9.17) is 21.3 Å². The van der Waals surface area contributed by atoms with Crippen molar-refractivity contribution < 1.29 is 9.53 Å². The van der Waals surface area contributed by atoms with E-state index in [-0.39, 0.29) is 18.2 Å². The summed E-state index contributed by atoms with van der Waals surface area (Å²) in [5.74, 6) is 0.544. The maximum absolute atomic E-state index is 12.2. The lowest BCUT2D eigenvalue weighted by atomic mass is 9.91. The van der Waals surface area contributed by atoms with Crippen LogP contribution in [0, 0.1) is 6.92 Å². The number of aromatic nitrogens is 3. The van der Waals surface area contributed by atoms with E-state index >= 15 is 0 Å². The molecule has 0 radical (unpaired) electrons. The number of amides is 1. The summed E-state index contributed by atoms with van der Waals surface area (Å²) in [6, 6.07) is 6.57. The SMILES string of the molecule is Cc1cc(-c2nc(NC3CCCC(NC(=O)OC(C)(C)C)C3)ncc2Cl)c2ccn(C)c2c1. The molecular formula is C25H32ClN5O2. The Hall–Kier alpha value is -2.80. The molecule has 2 atom stereocenters. The van der Waals surface area contributed by atoms with Crippen molar-refractivity contribution in [1.29, 1.82) is 0 Å². The lowest BCUT2D eigenvalue weighted by Crippen LogP contribution is -2.44. The van der Waals surface area contributed by atoms with E-state index in [1.54, 1.807) is 6.20 Å². The van der Waals surface area contributed by atoms with Crippen molar-refractivity contribution >= 4 is 34.5 Å². The van der Waals surface area contributed by atoms with Gasteiger partial charge < -0.3 is 19.9 Å². The smallest absolute Gasteiger partial charge is 0.407 e. The van der Waals surface area contributed by atoms with Crippen LogP contribution >= 0.6 is 11.6 Å². The molecule has 4 rings (SSSR count). The fraction of sp³-hybridized carbons (Fsp3) is 0.480. The third-order valence-electron chi connectivity index (χ3n) is 5.87. The monoisotopic (exact) mass is 469 g/mol. The van der Waals surface area contributed by atoms with Gasteiger partial charge in [0, 0.05) is 41.8 Å². The van der Waals surface area contributed by atoms with Gasteiger partial charge in [-0.25, -0.2) is 14.8 Å². The zero-order valence-corrected chi connectivity index (χ0v) is 20.7. The number of benzene rings is 1. The summed E-state index contributed by atoms with van der Waals surface area (Å²) >= 11 is 6.55. The summed E-state index contributed by atoms with van der Waals surface area (Å²) in [7, 11) is 2.03. The van der Waals surface area contributed by atoms with Crippen LogP contribution in [0.2, 0.25) is 5.02 Å². The van der Waals surface area contributed by atoms with E-state index in [0.717, 1.165) is 47.7 Å². The molecule has 3 aromatic rings. The van der Waals surface area contributed by atoms with Crippen LogP contribution in [-0.2, 0) is 11.8 Å². The van der Waals surface area contributed by atoms with Gasteiger partial charge in [0.25, 0.3) is 0 Å². The van der Waals surface area contributed by atoms with Crippen LogP contribution in [0.25, 0.3) is 22.2 Å². The number of hydrogen-bond donors (Lipinski definition) is 2. The molecule has 8 heteroatoms. The number of alkyl carbamates (subject to hydrolysis) is 1. The summed E-state index contributed by atoms with van der Waals surface area (Å²) in [4.78, 5) is 21.4. The van der Waals surface area contributed by atoms with Gasteiger partial charge in [-0.15, -0.1) is 0 Å². The Morgan fingerprint density at radius 1 is 1.24 bits per heavy atom. The minimum absolute atomic E-state index is 0.0542. The van der Waals surface area contributed by atoms with E-state index in [0.29, 0.717) is 16.7 Å². The summed E-state index contributed by atoms with van der Waals surface area (Å²) in [6.07, 6.45) is 7.03. The molecule has 1 saturated carbocycles. The number of anilines is 1. The first-order valence-electron chi connectivity index (χ1n) is 11.4. The number of hydrogen-bond acceptors (Lipinski definition) is 5. The highest BCUT2D eigenvalue weighted by Crippen LogP contribution is 2.34. The van der Waals surface area contributed by atoms with E-state index in [2.05, 4.69) is 45.3 Å². The van der Waals surface area contributed by atoms with Crippen LogP contribution < -0.4 is 10.6 Å². The van der Waals surface area contributed by atoms with Gasteiger partial charge in [-0.3, -0.25) is 0 Å². The maximum atomic E-state index is 12.2.